The van der Waals surface area contributed by atoms with Crippen molar-refractivity contribution in [2.45, 2.75) is 25.3 Å². The summed E-state index contributed by atoms with van der Waals surface area (Å²) in [6, 6.07) is 4.38. The molecule has 1 heterocycles. The minimum absolute atomic E-state index is 0.202. The first kappa shape index (κ1) is 10.7. The minimum atomic E-state index is 0.202. The van der Waals surface area contributed by atoms with E-state index in [-0.39, 0.29) is 6.04 Å². The Morgan fingerprint density at radius 3 is 2.67 bits per heavy atom. The van der Waals surface area contributed by atoms with E-state index >= 15 is 0 Å². The van der Waals surface area contributed by atoms with Crippen LogP contribution in [0.2, 0.25) is 0 Å². The molecule has 2 N–H and O–H groups in total. The van der Waals surface area contributed by atoms with Gasteiger partial charge in [0.1, 0.15) is 11.5 Å². The predicted molar refractivity (Wildman–Crippen MR) is 60.7 cm³/mol. The van der Waals surface area contributed by atoms with Crippen LogP contribution in [0.5, 0.6) is 0 Å². The minimum Gasteiger partial charge on any atom is -0.464 e. The van der Waals surface area contributed by atoms with Gasteiger partial charge in [-0.05, 0) is 38.6 Å². The maximum absolute atomic E-state index is 5.87. The van der Waals surface area contributed by atoms with E-state index in [0.29, 0.717) is 12.5 Å². The van der Waals surface area contributed by atoms with E-state index in [1.54, 1.807) is 0 Å². The fourth-order valence-corrected chi connectivity index (χ4v) is 2.05. The molecule has 1 aromatic heterocycles. The number of likely N-dealkylation sites (N-methyl/N-ethyl adjacent to an activating group) is 1. The van der Waals surface area contributed by atoms with E-state index in [9.17, 15) is 0 Å². The van der Waals surface area contributed by atoms with Gasteiger partial charge in [-0.25, -0.2) is 0 Å². The van der Waals surface area contributed by atoms with Crippen molar-refractivity contribution in [3.05, 3.63) is 23.7 Å². The van der Waals surface area contributed by atoms with Crippen molar-refractivity contribution in [3.63, 3.8) is 0 Å². The second kappa shape index (κ2) is 3.99. The molecular formula is C12H20N2O. The first-order valence-corrected chi connectivity index (χ1v) is 5.59. The number of nitrogens with two attached hydrogens (primary N) is 1. The van der Waals surface area contributed by atoms with Gasteiger partial charge in [0.2, 0.25) is 0 Å². The van der Waals surface area contributed by atoms with Crippen LogP contribution < -0.4 is 5.73 Å². The van der Waals surface area contributed by atoms with E-state index in [4.69, 9.17) is 10.2 Å². The molecule has 2 rings (SSSR count). The molecule has 3 nitrogen and oxygen atoms in total. The zero-order chi connectivity index (χ0) is 11.0. The SMILES string of the molecule is CC1CC1c1ccc(C(CN)N(C)C)o1. The lowest BCUT2D eigenvalue weighted by Crippen LogP contribution is -2.26. The molecule has 1 aliphatic carbocycles. The Bertz CT molecular complexity index is 332. The van der Waals surface area contributed by atoms with Crippen LogP contribution in [0.15, 0.2) is 16.5 Å². The van der Waals surface area contributed by atoms with Gasteiger partial charge >= 0.3 is 0 Å². The number of nitrogens with zero attached hydrogens (tertiary/aromatic N) is 1. The van der Waals surface area contributed by atoms with Crippen molar-refractivity contribution >= 4 is 0 Å². The Balaban J connectivity index is 2.11. The Morgan fingerprint density at radius 2 is 2.20 bits per heavy atom. The molecule has 1 fully saturated rings. The molecule has 0 saturated heterocycles. The van der Waals surface area contributed by atoms with Gasteiger partial charge < -0.3 is 10.2 Å². The van der Waals surface area contributed by atoms with Gasteiger partial charge in [0.05, 0.1) is 6.04 Å². The first-order valence-electron chi connectivity index (χ1n) is 5.59. The maximum atomic E-state index is 5.87. The highest BCUT2D eigenvalue weighted by Gasteiger charge is 2.37. The second-order valence-electron chi connectivity index (χ2n) is 4.77. The summed E-state index contributed by atoms with van der Waals surface area (Å²) in [6.45, 7) is 2.86. The standard InChI is InChI=1S/C12H20N2O/c1-8-6-9(8)11-4-5-12(15-11)10(7-13)14(2)3/h4-5,8-10H,6-7,13H2,1-3H3. The Morgan fingerprint density at radius 1 is 1.53 bits per heavy atom. The maximum Gasteiger partial charge on any atom is 0.122 e. The lowest BCUT2D eigenvalue weighted by molar-refractivity contribution is 0.259. The smallest absolute Gasteiger partial charge is 0.122 e. The Kier molecular flexibility index (Phi) is 2.85. The molecule has 84 valence electrons. The Hall–Kier alpha value is -0.800. The molecule has 3 atom stereocenters. The van der Waals surface area contributed by atoms with Crippen LogP contribution >= 0.6 is 0 Å². The van der Waals surface area contributed by atoms with Gasteiger partial charge in [0.15, 0.2) is 0 Å². The second-order valence-corrected chi connectivity index (χ2v) is 4.77. The quantitative estimate of drug-likeness (QED) is 0.822. The summed E-state index contributed by atoms with van der Waals surface area (Å²) in [7, 11) is 4.05. The molecule has 0 spiro atoms. The number of rotatable bonds is 4. The summed E-state index contributed by atoms with van der Waals surface area (Å²) in [5.74, 6) is 3.58. The summed E-state index contributed by atoms with van der Waals surface area (Å²) in [5, 5.41) is 0. The van der Waals surface area contributed by atoms with E-state index in [1.165, 1.54) is 6.42 Å². The third-order valence-electron chi connectivity index (χ3n) is 3.30. The van der Waals surface area contributed by atoms with Gasteiger partial charge in [-0.2, -0.15) is 0 Å². The fraction of sp³-hybridized carbons (Fsp3) is 0.667. The highest BCUT2D eigenvalue weighted by molar-refractivity contribution is 5.19. The number of hydrogen-bond donors (Lipinski definition) is 1. The van der Waals surface area contributed by atoms with Crippen LogP contribution in [0.3, 0.4) is 0 Å². The predicted octanol–water partition coefficient (Wildman–Crippen LogP) is 1.96. The van der Waals surface area contributed by atoms with Crippen LogP contribution in [-0.2, 0) is 0 Å². The highest BCUT2D eigenvalue weighted by atomic mass is 16.3. The topological polar surface area (TPSA) is 42.4 Å². The summed E-state index contributed by atoms with van der Waals surface area (Å²) < 4.78 is 5.87. The average molecular weight is 208 g/mol. The van der Waals surface area contributed by atoms with Crippen LogP contribution in [0.25, 0.3) is 0 Å². The van der Waals surface area contributed by atoms with Crippen molar-refractivity contribution in [2.75, 3.05) is 20.6 Å². The lowest BCUT2D eigenvalue weighted by atomic mass is 10.2. The number of hydrogen-bond acceptors (Lipinski definition) is 3. The van der Waals surface area contributed by atoms with Gasteiger partial charge in [-0.3, -0.25) is 4.90 Å². The molecule has 0 radical (unpaired) electrons. The van der Waals surface area contributed by atoms with Crippen molar-refractivity contribution in [2.24, 2.45) is 11.7 Å². The van der Waals surface area contributed by atoms with E-state index < -0.39 is 0 Å². The van der Waals surface area contributed by atoms with Gasteiger partial charge in [-0.15, -0.1) is 0 Å². The molecule has 0 bridgehead atoms. The van der Waals surface area contributed by atoms with E-state index in [1.807, 2.05) is 14.1 Å². The van der Waals surface area contributed by atoms with Gasteiger partial charge in [-0.1, -0.05) is 6.92 Å². The lowest BCUT2D eigenvalue weighted by Gasteiger charge is -2.20. The van der Waals surface area contributed by atoms with Crippen LogP contribution in [0, 0.1) is 5.92 Å². The molecule has 3 unspecified atom stereocenters. The molecule has 1 aromatic rings. The van der Waals surface area contributed by atoms with Crippen LogP contribution in [0.4, 0.5) is 0 Å². The molecule has 15 heavy (non-hydrogen) atoms. The van der Waals surface area contributed by atoms with Crippen LogP contribution in [0.1, 0.15) is 36.8 Å². The summed E-state index contributed by atoms with van der Waals surface area (Å²) >= 11 is 0. The fourth-order valence-electron chi connectivity index (χ4n) is 2.05. The number of furan rings is 1. The largest absolute Gasteiger partial charge is 0.464 e. The molecule has 1 saturated carbocycles. The monoisotopic (exact) mass is 208 g/mol. The molecule has 1 aliphatic rings. The summed E-state index contributed by atoms with van der Waals surface area (Å²) in [6.07, 6.45) is 1.27. The summed E-state index contributed by atoms with van der Waals surface area (Å²) in [5.41, 5.74) is 5.73. The van der Waals surface area contributed by atoms with Crippen LogP contribution in [-0.4, -0.2) is 25.5 Å². The molecule has 0 amide bonds. The normalized spacial score (nSPS) is 27.0. The van der Waals surface area contributed by atoms with E-state index in [2.05, 4.69) is 24.0 Å². The summed E-state index contributed by atoms with van der Waals surface area (Å²) in [4.78, 5) is 2.10. The third kappa shape index (κ3) is 2.08. The van der Waals surface area contributed by atoms with Gasteiger partial charge in [0, 0.05) is 12.5 Å². The van der Waals surface area contributed by atoms with Gasteiger partial charge in [0.25, 0.3) is 0 Å². The zero-order valence-corrected chi connectivity index (χ0v) is 9.73. The molecular weight excluding hydrogens is 188 g/mol. The van der Waals surface area contributed by atoms with E-state index in [0.717, 1.165) is 17.4 Å². The van der Waals surface area contributed by atoms with Crippen molar-refractivity contribution < 1.29 is 4.42 Å². The first-order chi connectivity index (χ1) is 7.13. The molecule has 3 heteroatoms. The molecule has 0 aromatic carbocycles. The highest BCUT2D eigenvalue weighted by Crippen LogP contribution is 2.47. The Labute approximate surface area is 91.2 Å². The van der Waals surface area contributed by atoms with Crippen molar-refractivity contribution in [1.29, 1.82) is 0 Å². The van der Waals surface area contributed by atoms with Crippen molar-refractivity contribution in [3.8, 4) is 0 Å². The molecule has 0 aliphatic heterocycles. The third-order valence-corrected chi connectivity index (χ3v) is 3.30. The van der Waals surface area contributed by atoms with Crippen molar-refractivity contribution in [1.82, 2.24) is 4.90 Å². The average Bonchev–Trinajstić information content (AvgIpc) is 2.74. The zero-order valence-electron chi connectivity index (χ0n) is 9.73.